The van der Waals surface area contributed by atoms with Crippen molar-refractivity contribution in [2.45, 2.75) is 19.8 Å². The fourth-order valence-electron chi connectivity index (χ4n) is 1.83. The maximum Gasteiger partial charge on any atom is 0.211 e. The summed E-state index contributed by atoms with van der Waals surface area (Å²) in [5.41, 5.74) is 0.566. The molecule has 0 spiro atoms. The van der Waals surface area contributed by atoms with Crippen LogP contribution in [0.4, 0.5) is 0 Å². The molecule has 5 nitrogen and oxygen atoms in total. The van der Waals surface area contributed by atoms with Crippen LogP contribution in [0, 0.1) is 16.0 Å². The van der Waals surface area contributed by atoms with E-state index in [1.54, 1.807) is 18.2 Å². The Morgan fingerprint density at radius 1 is 1.47 bits per heavy atom. The number of aromatic hydroxyl groups is 1. The van der Waals surface area contributed by atoms with Crippen molar-refractivity contribution in [1.29, 1.82) is 0 Å². The molecule has 1 rings (SSSR count). The molecule has 1 unspecified atom stereocenters. The Kier molecular flexibility index (Phi) is 4.31. The number of methoxy groups -OCH3 is 1. The van der Waals surface area contributed by atoms with Crippen LogP contribution in [0.1, 0.15) is 25.3 Å². The van der Waals surface area contributed by atoms with Crippen molar-refractivity contribution in [3.63, 3.8) is 0 Å². The topological polar surface area (TPSA) is 72.6 Å². The highest BCUT2D eigenvalue weighted by Crippen LogP contribution is 2.37. The molecule has 17 heavy (non-hydrogen) atoms. The summed E-state index contributed by atoms with van der Waals surface area (Å²) < 4.78 is 5.00. The third kappa shape index (κ3) is 3.09. The molecule has 0 amide bonds. The van der Waals surface area contributed by atoms with E-state index < -0.39 is 0 Å². The molecule has 1 aromatic rings. The lowest BCUT2D eigenvalue weighted by molar-refractivity contribution is -0.484. The molecule has 0 heterocycles. The predicted molar refractivity (Wildman–Crippen MR) is 64.1 cm³/mol. The third-order valence-electron chi connectivity index (χ3n) is 2.80. The number of phenolic OH excluding ortho intramolecular Hbond substituents is 1. The molecule has 0 aliphatic carbocycles. The van der Waals surface area contributed by atoms with Gasteiger partial charge < -0.3 is 9.84 Å². The van der Waals surface area contributed by atoms with Gasteiger partial charge in [0.2, 0.25) is 6.54 Å². The van der Waals surface area contributed by atoms with Crippen molar-refractivity contribution in [3.05, 3.63) is 33.9 Å². The van der Waals surface area contributed by atoms with Crippen LogP contribution >= 0.6 is 0 Å². The van der Waals surface area contributed by atoms with Crippen molar-refractivity contribution < 1.29 is 14.8 Å². The van der Waals surface area contributed by atoms with Crippen LogP contribution in [-0.4, -0.2) is 23.7 Å². The maximum absolute atomic E-state index is 10.6. The standard InChI is InChI=1S/C12H17NO4/c1-8(2)10(7-13(15)16)9-5-4-6-11(17-3)12(9)14/h4-6,8,10,14H,7H2,1-3H3. The number of hydrogen-bond acceptors (Lipinski definition) is 4. The monoisotopic (exact) mass is 239 g/mol. The summed E-state index contributed by atoms with van der Waals surface area (Å²) in [6, 6.07) is 5.05. The van der Waals surface area contributed by atoms with Crippen molar-refractivity contribution in [1.82, 2.24) is 0 Å². The van der Waals surface area contributed by atoms with Crippen LogP contribution in [0.2, 0.25) is 0 Å². The van der Waals surface area contributed by atoms with E-state index in [4.69, 9.17) is 4.74 Å². The molecule has 1 aromatic carbocycles. The molecule has 0 radical (unpaired) electrons. The largest absolute Gasteiger partial charge is 0.504 e. The molecule has 0 fully saturated rings. The first-order chi connectivity index (χ1) is 7.97. The molecule has 0 aromatic heterocycles. The van der Waals surface area contributed by atoms with E-state index in [-0.39, 0.29) is 29.1 Å². The van der Waals surface area contributed by atoms with E-state index in [0.717, 1.165) is 0 Å². The molecule has 0 aliphatic heterocycles. The number of nitro groups is 1. The van der Waals surface area contributed by atoms with Gasteiger partial charge in [-0.2, -0.15) is 0 Å². The SMILES string of the molecule is COc1cccc(C(C[N+](=O)[O-])C(C)C)c1O. The number of nitrogens with zero attached hydrogens (tertiary/aromatic N) is 1. The quantitative estimate of drug-likeness (QED) is 0.632. The van der Waals surface area contributed by atoms with Crippen molar-refractivity contribution in [2.75, 3.05) is 13.7 Å². The number of rotatable bonds is 5. The summed E-state index contributed by atoms with van der Waals surface area (Å²) in [5, 5.41) is 20.6. The smallest absolute Gasteiger partial charge is 0.211 e. The lowest BCUT2D eigenvalue weighted by Crippen LogP contribution is -2.17. The zero-order valence-electron chi connectivity index (χ0n) is 10.2. The average molecular weight is 239 g/mol. The molecule has 94 valence electrons. The fraction of sp³-hybridized carbons (Fsp3) is 0.500. The minimum absolute atomic E-state index is 0.00412. The van der Waals surface area contributed by atoms with Crippen LogP contribution in [0.25, 0.3) is 0 Å². The van der Waals surface area contributed by atoms with Gasteiger partial charge >= 0.3 is 0 Å². The molecule has 0 aliphatic rings. The number of para-hydroxylation sites is 1. The highest BCUT2D eigenvalue weighted by Gasteiger charge is 2.25. The third-order valence-corrected chi connectivity index (χ3v) is 2.80. The summed E-state index contributed by atoms with van der Waals surface area (Å²) in [4.78, 5) is 10.3. The Bertz CT molecular complexity index is 403. The van der Waals surface area contributed by atoms with E-state index >= 15 is 0 Å². The fourth-order valence-corrected chi connectivity index (χ4v) is 1.83. The Balaban J connectivity index is 3.14. The zero-order valence-corrected chi connectivity index (χ0v) is 10.2. The molecule has 0 bridgehead atoms. The van der Waals surface area contributed by atoms with Gasteiger partial charge in [-0.3, -0.25) is 10.1 Å². The van der Waals surface area contributed by atoms with Crippen LogP contribution in [0.3, 0.4) is 0 Å². The van der Waals surface area contributed by atoms with E-state index in [9.17, 15) is 15.2 Å². The number of phenols is 1. The number of benzene rings is 1. The van der Waals surface area contributed by atoms with Crippen LogP contribution in [-0.2, 0) is 0 Å². The van der Waals surface area contributed by atoms with Gasteiger partial charge in [0.25, 0.3) is 0 Å². The lowest BCUT2D eigenvalue weighted by Gasteiger charge is -2.19. The summed E-state index contributed by atoms with van der Waals surface area (Å²) in [6.07, 6.45) is 0. The minimum Gasteiger partial charge on any atom is -0.504 e. The molecule has 0 saturated carbocycles. The first-order valence-corrected chi connectivity index (χ1v) is 5.45. The van der Waals surface area contributed by atoms with Gasteiger partial charge in [-0.05, 0) is 12.0 Å². The first-order valence-electron chi connectivity index (χ1n) is 5.45. The molecule has 1 atom stereocenters. The molecular weight excluding hydrogens is 222 g/mol. The van der Waals surface area contributed by atoms with E-state index in [1.807, 2.05) is 13.8 Å². The average Bonchev–Trinajstić information content (AvgIpc) is 2.26. The van der Waals surface area contributed by atoms with Gasteiger partial charge in [0, 0.05) is 10.5 Å². The summed E-state index contributed by atoms with van der Waals surface area (Å²) >= 11 is 0. The van der Waals surface area contributed by atoms with Gasteiger partial charge in [-0.1, -0.05) is 26.0 Å². The summed E-state index contributed by atoms with van der Waals surface area (Å²) in [5.74, 6) is 0.0885. The highest BCUT2D eigenvalue weighted by atomic mass is 16.6. The molecule has 1 N–H and O–H groups in total. The van der Waals surface area contributed by atoms with E-state index in [2.05, 4.69) is 0 Å². The Labute approximate surface area is 100 Å². The second-order valence-corrected chi connectivity index (χ2v) is 4.26. The normalized spacial score (nSPS) is 12.5. The van der Waals surface area contributed by atoms with Crippen molar-refractivity contribution in [2.24, 2.45) is 5.92 Å². The molecular formula is C12H17NO4. The number of hydrogen-bond donors (Lipinski definition) is 1. The van der Waals surface area contributed by atoms with Gasteiger partial charge in [-0.15, -0.1) is 0 Å². The van der Waals surface area contributed by atoms with Gasteiger partial charge in [0.05, 0.1) is 13.0 Å². The van der Waals surface area contributed by atoms with E-state index in [1.165, 1.54) is 7.11 Å². The van der Waals surface area contributed by atoms with Crippen LogP contribution in [0.15, 0.2) is 18.2 Å². The molecule has 0 saturated heterocycles. The zero-order chi connectivity index (χ0) is 13.0. The Hall–Kier alpha value is -1.78. The van der Waals surface area contributed by atoms with Crippen molar-refractivity contribution >= 4 is 0 Å². The summed E-state index contributed by atoms with van der Waals surface area (Å²) in [6.45, 7) is 3.60. The van der Waals surface area contributed by atoms with Gasteiger partial charge in [-0.25, -0.2) is 0 Å². The van der Waals surface area contributed by atoms with Crippen molar-refractivity contribution in [3.8, 4) is 11.5 Å². The maximum atomic E-state index is 10.6. The first kappa shape index (κ1) is 13.3. The number of ether oxygens (including phenoxy) is 1. The van der Waals surface area contributed by atoms with E-state index in [0.29, 0.717) is 11.3 Å². The van der Waals surface area contributed by atoms with Gasteiger partial charge in [0.15, 0.2) is 11.5 Å². The Morgan fingerprint density at radius 3 is 2.59 bits per heavy atom. The van der Waals surface area contributed by atoms with Crippen LogP contribution < -0.4 is 4.74 Å². The lowest BCUT2D eigenvalue weighted by atomic mass is 9.88. The summed E-state index contributed by atoms with van der Waals surface area (Å²) in [7, 11) is 1.46. The molecule has 5 heteroatoms. The van der Waals surface area contributed by atoms with Crippen LogP contribution in [0.5, 0.6) is 11.5 Å². The highest BCUT2D eigenvalue weighted by molar-refractivity contribution is 5.47. The second-order valence-electron chi connectivity index (χ2n) is 4.26. The Morgan fingerprint density at radius 2 is 2.12 bits per heavy atom. The minimum atomic E-state index is -0.358. The predicted octanol–water partition coefficient (Wildman–Crippen LogP) is 2.42. The second kappa shape index (κ2) is 5.52. The van der Waals surface area contributed by atoms with Gasteiger partial charge in [0.1, 0.15) is 0 Å².